The van der Waals surface area contributed by atoms with E-state index in [1.165, 1.54) is 11.8 Å². The maximum Gasteiger partial charge on any atom is 0.268 e. The molecule has 0 spiro atoms. The molecule has 2 aromatic heterocycles. The summed E-state index contributed by atoms with van der Waals surface area (Å²) in [5, 5.41) is 1.14. The van der Waals surface area contributed by atoms with Crippen LogP contribution in [0.15, 0.2) is 64.5 Å². The maximum atomic E-state index is 13.9. The largest absolute Gasteiger partial charge is 0.491 e. The summed E-state index contributed by atoms with van der Waals surface area (Å²) in [6.45, 7) is 10.8. The molecule has 3 heterocycles. The quantitative estimate of drug-likeness (QED) is 0.209. The second kappa shape index (κ2) is 10.3. The Kier molecular flexibility index (Phi) is 7.10. The van der Waals surface area contributed by atoms with Gasteiger partial charge in [0.1, 0.15) is 5.75 Å². The van der Waals surface area contributed by atoms with Gasteiger partial charge in [0.2, 0.25) is 0 Å². The number of thioether (sulfide) groups is 1. The van der Waals surface area contributed by atoms with Gasteiger partial charge in [0.25, 0.3) is 5.56 Å². The smallest absolute Gasteiger partial charge is 0.268 e. The summed E-state index contributed by atoms with van der Waals surface area (Å²) in [6.07, 6.45) is 1.74. The zero-order valence-corrected chi connectivity index (χ0v) is 22.9. The van der Waals surface area contributed by atoms with E-state index < -0.39 is 0 Å². The molecule has 0 bridgehead atoms. The number of aryl methyl sites for hydroxylation is 1. The Hall–Kier alpha value is -3.16. The van der Waals surface area contributed by atoms with Gasteiger partial charge in [0.15, 0.2) is 10.8 Å². The number of fused-ring (bicyclic) bond motifs is 2. The predicted octanol–water partition coefficient (Wildman–Crippen LogP) is 6.41. The van der Waals surface area contributed by atoms with Crippen molar-refractivity contribution in [3.63, 3.8) is 0 Å². The highest BCUT2D eigenvalue weighted by Gasteiger charge is 2.31. The Morgan fingerprint density at radius 2 is 1.84 bits per heavy atom. The third kappa shape index (κ3) is 5.43. The van der Waals surface area contributed by atoms with Gasteiger partial charge in [0, 0.05) is 17.7 Å². The van der Waals surface area contributed by atoms with Crippen molar-refractivity contribution in [1.29, 1.82) is 0 Å². The van der Waals surface area contributed by atoms with E-state index in [0.29, 0.717) is 35.0 Å². The summed E-state index contributed by atoms with van der Waals surface area (Å²) in [5.41, 5.74) is 5.13. The van der Waals surface area contributed by atoms with Gasteiger partial charge in [-0.25, -0.2) is 9.97 Å². The third-order valence-electron chi connectivity index (χ3n) is 6.82. The molecule has 1 aliphatic rings. The molecule has 1 atom stereocenters. The molecule has 0 saturated carbocycles. The fourth-order valence-electron chi connectivity index (χ4n) is 4.44. The van der Waals surface area contributed by atoms with Crippen LogP contribution in [0.1, 0.15) is 56.5 Å². The summed E-state index contributed by atoms with van der Waals surface area (Å²) >= 11 is 1.54. The van der Waals surface area contributed by atoms with Crippen molar-refractivity contribution in [2.24, 2.45) is 0 Å². The van der Waals surface area contributed by atoms with Crippen LogP contribution in [-0.4, -0.2) is 26.2 Å². The molecule has 1 aliphatic heterocycles. The summed E-state index contributed by atoms with van der Waals surface area (Å²) in [6, 6.07) is 18.0. The highest BCUT2D eigenvalue weighted by atomic mass is 32.2. The first-order valence-electron chi connectivity index (χ1n) is 12.8. The number of aromatic nitrogens is 3. The van der Waals surface area contributed by atoms with Gasteiger partial charge in [-0.2, -0.15) is 0 Å². The van der Waals surface area contributed by atoms with Crippen LogP contribution in [0, 0.1) is 6.92 Å². The summed E-state index contributed by atoms with van der Waals surface area (Å²) < 4.78 is 13.6. The number of hydrogen-bond acceptors (Lipinski definition) is 6. The summed E-state index contributed by atoms with van der Waals surface area (Å²) in [7, 11) is 0. The lowest BCUT2D eigenvalue weighted by atomic mass is 9.91. The maximum absolute atomic E-state index is 13.9. The first-order chi connectivity index (χ1) is 17.7. The van der Waals surface area contributed by atoms with Crippen molar-refractivity contribution in [3.05, 3.63) is 87.3 Å². The van der Waals surface area contributed by atoms with Gasteiger partial charge in [-0.05, 0) is 70.0 Å². The summed E-state index contributed by atoms with van der Waals surface area (Å²) in [4.78, 5) is 23.7. The molecule has 0 saturated heterocycles. The number of ether oxygens (including phenoxy) is 2. The highest BCUT2D eigenvalue weighted by molar-refractivity contribution is 7.98. The van der Waals surface area contributed by atoms with Crippen LogP contribution in [0.4, 0.5) is 0 Å². The van der Waals surface area contributed by atoms with E-state index in [-0.39, 0.29) is 17.3 Å². The molecule has 0 unspecified atom stereocenters. The van der Waals surface area contributed by atoms with E-state index in [0.717, 1.165) is 40.2 Å². The van der Waals surface area contributed by atoms with Gasteiger partial charge >= 0.3 is 0 Å². The van der Waals surface area contributed by atoms with E-state index in [4.69, 9.17) is 19.4 Å². The average molecular weight is 516 g/mol. The van der Waals surface area contributed by atoms with Gasteiger partial charge in [0.05, 0.1) is 35.1 Å². The van der Waals surface area contributed by atoms with Gasteiger partial charge in [-0.1, -0.05) is 48.5 Å². The molecule has 0 N–H and O–H groups in total. The van der Waals surface area contributed by atoms with Crippen molar-refractivity contribution < 1.29 is 9.47 Å². The molecule has 5 rings (SSSR count). The standard InChI is InChI=1S/C30H33N3O3S/c1-6-30(5)16-26-22(17-35-30)15-25-27(31-26)32-29(33(28(25)34)23-11-7-20(4)8-12-23)37-18-21-9-13-24(14-10-21)36-19(2)3/h7-15,19H,6,16-18H2,1-5H3/t30-/m1/s1. The van der Waals surface area contributed by atoms with E-state index >= 15 is 0 Å². The Bertz CT molecular complexity index is 1480. The van der Waals surface area contributed by atoms with Crippen LogP contribution >= 0.6 is 11.8 Å². The SMILES string of the molecule is CC[C@]1(C)Cc2nc3nc(SCc4ccc(OC(C)C)cc4)n(-c4ccc(C)cc4)c(=O)c3cc2CO1. The molecular weight excluding hydrogens is 482 g/mol. The molecule has 0 radical (unpaired) electrons. The number of pyridine rings is 1. The minimum Gasteiger partial charge on any atom is -0.491 e. The molecule has 4 aromatic rings. The average Bonchev–Trinajstić information content (AvgIpc) is 2.88. The monoisotopic (exact) mass is 515 g/mol. The molecule has 37 heavy (non-hydrogen) atoms. The minimum atomic E-state index is -0.242. The van der Waals surface area contributed by atoms with Crippen LogP contribution in [0.3, 0.4) is 0 Å². The first-order valence-corrected chi connectivity index (χ1v) is 13.8. The second-order valence-corrected chi connectivity index (χ2v) is 11.1. The summed E-state index contributed by atoms with van der Waals surface area (Å²) in [5.74, 6) is 1.51. The Labute approximate surface area is 222 Å². The van der Waals surface area contributed by atoms with Crippen LogP contribution in [-0.2, 0) is 23.5 Å². The van der Waals surface area contributed by atoms with E-state index in [1.807, 2.05) is 63.2 Å². The van der Waals surface area contributed by atoms with E-state index in [1.54, 1.807) is 4.57 Å². The Morgan fingerprint density at radius 1 is 1.11 bits per heavy atom. The highest BCUT2D eigenvalue weighted by Crippen LogP contribution is 2.31. The van der Waals surface area contributed by atoms with E-state index in [9.17, 15) is 4.79 Å². The van der Waals surface area contributed by atoms with E-state index in [2.05, 4.69) is 26.0 Å². The molecule has 6 nitrogen and oxygen atoms in total. The lowest BCUT2D eigenvalue weighted by Crippen LogP contribution is -2.35. The molecule has 0 aliphatic carbocycles. The molecule has 0 amide bonds. The van der Waals surface area contributed by atoms with Gasteiger partial charge in [-0.3, -0.25) is 9.36 Å². The zero-order chi connectivity index (χ0) is 26.2. The minimum absolute atomic E-state index is 0.115. The van der Waals surface area contributed by atoms with Crippen LogP contribution in [0.25, 0.3) is 16.7 Å². The van der Waals surface area contributed by atoms with Crippen molar-refractivity contribution >= 4 is 22.8 Å². The second-order valence-electron chi connectivity index (χ2n) is 10.2. The number of nitrogens with zero attached hydrogens (tertiary/aromatic N) is 3. The molecule has 0 fully saturated rings. The number of rotatable bonds is 7. The normalized spacial score (nSPS) is 17.2. The van der Waals surface area contributed by atoms with Crippen molar-refractivity contribution in [3.8, 4) is 11.4 Å². The number of hydrogen-bond donors (Lipinski definition) is 0. The fourth-order valence-corrected chi connectivity index (χ4v) is 5.39. The molecular formula is C30H33N3O3S. The fraction of sp³-hybridized carbons (Fsp3) is 0.367. The van der Waals surface area contributed by atoms with Crippen molar-refractivity contribution in [1.82, 2.24) is 14.5 Å². The van der Waals surface area contributed by atoms with Crippen LogP contribution in [0.2, 0.25) is 0 Å². The lowest BCUT2D eigenvalue weighted by Gasteiger charge is -2.33. The molecule has 2 aromatic carbocycles. The number of benzene rings is 2. The van der Waals surface area contributed by atoms with Crippen molar-refractivity contribution in [2.45, 2.75) is 76.7 Å². The van der Waals surface area contributed by atoms with Crippen LogP contribution < -0.4 is 10.3 Å². The molecule has 7 heteroatoms. The van der Waals surface area contributed by atoms with Crippen LogP contribution in [0.5, 0.6) is 5.75 Å². The lowest BCUT2D eigenvalue weighted by molar-refractivity contribution is -0.0573. The Morgan fingerprint density at radius 3 is 2.51 bits per heavy atom. The van der Waals surface area contributed by atoms with Gasteiger partial charge < -0.3 is 9.47 Å². The predicted molar refractivity (Wildman–Crippen MR) is 149 cm³/mol. The van der Waals surface area contributed by atoms with Gasteiger partial charge in [-0.15, -0.1) is 0 Å². The Balaban J connectivity index is 1.56. The third-order valence-corrected chi connectivity index (χ3v) is 7.83. The molecule has 192 valence electrons. The topological polar surface area (TPSA) is 66.2 Å². The van der Waals surface area contributed by atoms with Crippen molar-refractivity contribution in [2.75, 3.05) is 0 Å². The first kappa shape index (κ1) is 25.5. The zero-order valence-electron chi connectivity index (χ0n) is 22.1.